The van der Waals surface area contributed by atoms with Gasteiger partial charge in [0, 0.05) is 24.2 Å². The largest absolute Gasteiger partial charge is 0.491 e. The number of nitrogens with zero attached hydrogens (tertiary/aromatic N) is 1. The predicted molar refractivity (Wildman–Crippen MR) is 99.3 cm³/mol. The molecule has 140 valence electrons. The van der Waals surface area contributed by atoms with Crippen molar-refractivity contribution >= 4 is 28.2 Å². The highest BCUT2D eigenvalue weighted by atomic mass is 35.5. The number of benzene rings is 2. The zero-order valence-electron chi connectivity index (χ0n) is 14.1. The average molecular weight is 391 g/mol. The summed E-state index contributed by atoms with van der Waals surface area (Å²) in [6.07, 6.45) is 0.601. The van der Waals surface area contributed by atoms with Crippen LogP contribution in [-0.4, -0.2) is 36.1 Å². The van der Waals surface area contributed by atoms with Gasteiger partial charge in [-0.25, -0.2) is 4.39 Å². The van der Waals surface area contributed by atoms with E-state index >= 15 is 0 Å². The number of nitrogens with one attached hydrogen (secondary N) is 1. The van der Waals surface area contributed by atoms with Crippen molar-refractivity contribution in [1.82, 2.24) is 4.98 Å². The maximum absolute atomic E-state index is 14.6. The lowest BCUT2D eigenvalue weighted by Crippen LogP contribution is -2.26. The van der Waals surface area contributed by atoms with Crippen LogP contribution in [0.5, 0.6) is 17.2 Å². The smallest absolute Gasteiger partial charge is 0.231 e. The van der Waals surface area contributed by atoms with Crippen molar-refractivity contribution < 1.29 is 23.7 Å². The molecule has 0 radical (unpaired) electrons. The molecule has 3 aromatic rings. The fraction of sp³-hybridized carbons (Fsp3) is 0.211. The molecular formula is C19H16ClFN2O4. The van der Waals surface area contributed by atoms with Crippen molar-refractivity contribution in [3.05, 3.63) is 53.4 Å². The quantitative estimate of drug-likeness (QED) is 0.670. The van der Waals surface area contributed by atoms with Crippen molar-refractivity contribution in [2.75, 3.05) is 25.3 Å². The first kappa shape index (κ1) is 17.6. The molecule has 0 fully saturated rings. The second-order valence-electron chi connectivity index (χ2n) is 5.98. The Morgan fingerprint density at radius 2 is 2.07 bits per heavy atom. The van der Waals surface area contributed by atoms with Gasteiger partial charge in [0.25, 0.3) is 0 Å². The van der Waals surface area contributed by atoms with Gasteiger partial charge in [0.1, 0.15) is 24.0 Å². The van der Waals surface area contributed by atoms with E-state index in [9.17, 15) is 9.50 Å². The van der Waals surface area contributed by atoms with Gasteiger partial charge in [-0.1, -0.05) is 11.6 Å². The highest BCUT2D eigenvalue weighted by molar-refractivity contribution is 6.35. The molecule has 0 spiro atoms. The SMILES string of the molecule is OC(CNc1ccc2c(Cl)ccnc2c1F)COc1ccc2c(c1)OCO2. The standard InChI is InChI=1S/C19H16ClFN2O4/c20-14-5-6-22-19-13(14)2-3-15(18(19)21)23-8-11(24)9-25-12-1-4-16-17(7-12)27-10-26-16/h1-7,11,23-24H,8-10H2. The van der Waals surface area contributed by atoms with Gasteiger partial charge >= 0.3 is 0 Å². The summed E-state index contributed by atoms with van der Waals surface area (Å²) in [5, 5.41) is 13.9. The molecule has 1 atom stereocenters. The molecule has 0 bridgehead atoms. The van der Waals surface area contributed by atoms with Crippen LogP contribution in [0.1, 0.15) is 0 Å². The van der Waals surface area contributed by atoms with Crippen LogP contribution in [0.3, 0.4) is 0 Å². The summed E-state index contributed by atoms with van der Waals surface area (Å²) in [5.74, 6) is 1.29. The molecule has 2 N–H and O–H groups in total. The Bertz CT molecular complexity index is 985. The van der Waals surface area contributed by atoms with Crippen LogP contribution in [0.2, 0.25) is 5.02 Å². The topological polar surface area (TPSA) is 72.8 Å². The Morgan fingerprint density at radius 1 is 1.22 bits per heavy atom. The molecule has 8 heteroatoms. The second kappa shape index (κ2) is 7.46. The number of pyridine rings is 1. The van der Waals surface area contributed by atoms with Crippen LogP contribution < -0.4 is 19.5 Å². The molecule has 27 heavy (non-hydrogen) atoms. The van der Waals surface area contributed by atoms with Crippen LogP contribution in [0.25, 0.3) is 10.9 Å². The lowest BCUT2D eigenvalue weighted by atomic mass is 10.2. The van der Waals surface area contributed by atoms with Gasteiger partial charge in [-0.15, -0.1) is 0 Å². The summed E-state index contributed by atoms with van der Waals surface area (Å²) in [4.78, 5) is 4.03. The highest BCUT2D eigenvalue weighted by Gasteiger charge is 2.15. The number of aromatic nitrogens is 1. The maximum Gasteiger partial charge on any atom is 0.231 e. The molecule has 1 aromatic heterocycles. The lowest BCUT2D eigenvalue weighted by molar-refractivity contribution is 0.117. The van der Waals surface area contributed by atoms with Gasteiger partial charge in [-0.2, -0.15) is 0 Å². The first-order chi connectivity index (χ1) is 13.1. The van der Waals surface area contributed by atoms with Gasteiger partial charge < -0.3 is 24.6 Å². The van der Waals surface area contributed by atoms with Crippen molar-refractivity contribution in [2.45, 2.75) is 6.10 Å². The average Bonchev–Trinajstić information content (AvgIpc) is 3.14. The van der Waals surface area contributed by atoms with Crippen molar-refractivity contribution in [1.29, 1.82) is 0 Å². The van der Waals surface area contributed by atoms with E-state index in [-0.39, 0.29) is 31.1 Å². The zero-order valence-corrected chi connectivity index (χ0v) is 14.9. The Labute approximate surface area is 159 Å². The van der Waals surface area contributed by atoms with E-state index in [1.807, 2.05) is 0 Å². The van der Waals surface area contributed by atoms with Gasteiger partial charge in [0.15, 0.2) is 17.3 Å². The number of rotatable bonds is 6. The third-order valence-corrected chi connectivity index (χ3v) is 4.44. The van der Waals surface area contributed by atoms with E-state index < -0.39 is 11.9 Å². The predicted octanol–water partition coefficient (Wildman–Crippen LogP) is 3.61. The van der Waals surface area contributed by atoms with E-state index in [1.165, 1.54) is 6.20 Å². The van der Waals surface area contributed by atoms with Crippen molar-refractivity contribution in [3.63, 3.8) is 0 Å². The first-order valence-corrected chi connectivity index (χ1v) is 8.67. The van der Waals surface area contributed by atoms with Gasteiger partial charge in [-0.05, 0) is 30.3 Å². The third kappa shape index (κ3) is 3.70. The summed E-state index contributed by atoms with van der Waals surface area (Å²) < 4.78 is 30.6. The fourth-order valence-electron chi connectivity index (χ4n) is 2.73. The molecule has 1 aliphatic heterocycles. The summed E-state index contributed by atoms with van der Waals surface area (Å²) >= 11 is 6.04. The van der Waals surface area contributed by atoms with Gasteiger partial charge in [-0.3, -0.25) is 4.98 Å². The van der Waals surface area contributed by atoms with Crippen LogP contribution >= 0.6 is 11.6 Å². The minimum absolute atomic E-state index is 0.0337. The van der Waals surface area contributed by atoms with Crippen molar-refractivity contribution in [3.8, 4) is 17.2 Å². The Morgan fingerprint density at radius 3 is 2.96 bits per heavy atom. The summed E-state index contributed by atoms with van der Waals surface area (Å²) in [5.41, 5.74) is 0.415. The van der Waals surface area contributed by atoms with E-state index in [4.69, 9.17) is 25.8 Å². The molecule has 0 aliphatic carbocycles. The maximum atomic E-state index is 14.6. The molecule has 6 nitrogen and oxygen atoms in total. The molecule has 4 rings (SSSR count). The molecule has 1 aliphatic rings. The third-order valence-electron chi connectivity index (χ3n) is 4.11. The van der Waals surface area contributed by atoms with Crippen molar-refractivity contribution in [2.24, 2.45) is 0 Å². The molecule has 0 amide bonds. The monoisotopic (exact) mass is 390 g/mol. The van der Waals surface area contributed by atoms with Crippen LogP contribution in [0, 0.1) is 5.82 Å². The minimum Gasteiger partial charge on any atom is -0.491 e. The van der Waals surface area contributed by atoms with E-state index in [0.717, 1.165) is 0 Å². The Hall–Kier alpha value is -2.77. The molecule has 2 heterocycles. The lowest BCUT2D eigenvalue weighted by Gasteiger charge is -2.15. The second-order valence-corrected chi connectivity index (χ2v) is 6.38. The van der Waals surface area contributed by atoms with E-state index in [2.05, 4.69) is 10.3 Å². The summed E-state index contributed by atoms with van der Waals surface area (Å²) in [6.45, 7) is 0.322. The van der Waals surface area contributed by atoms with Crippen LogP contribution in [-0.2, 0) is 0 Å². The zero-order chi connectivity index (χ0) is 18.8. The van der Waals surface area contributed by atoms with Gasteiger partial charge in [0.2, 0.25) is 6.79 Å². The van der Waals surface area contributed by atoms with E-state index in [1.54, 1.807) is 36.4 Å². The molecule has 0 saturated carbocycles. The fourth-order valence-corrected chi connectivity index (χ4v) is 2.94. The summed E-state index contributed by atoms with van der Waals surface area (Å²) in [6, 6.07) is 10.0. The molecule has 2 aromatic carbocycles. The Kier molecular flexibility index (Phi) is 4.87. The van der Waals surface area contributed by atoms with E-state index in [0.29, 0.717) is 27.7 Å². The van der Waals surface area contributed by atoms with Crippen LogP contribution in [0.4, 0.5) is 10.1 Å². The number of hydrogen-bond donors (Lipinski definition) is 2. The number of aliphatic hydroxyl groups excluding tert-OH is 1. The van der Waals surface area contributed by atoms with Gasteiger partial charge in [0.05, 0.1) is 10.7 Å². The molecule has 1 unspecified atom stereocenters. The number of aliphatic hydroxyl groups is 1. The Balaban J connectivity index is 1.36. The number of ether oxygens (including phenoxy) is 3. The highest BCUT2D eigenvalue weighted by Crippen LogP contribution is 2.35. The normalized spacial score (nSPS) is 13.6. The summed E-state index contributed by atoms with van der Waals surface area (Å²) in [7, 11) is 0. The number of hydrogen-bond acceptors (Lipinski definition) is 6. The van der Waals surface area contributed by atoms with Crippen LogP contribution in [0.15, 0.2) is 42.6 Å². The first-order valence-electron chi connectivity index (χ1n) is 8.29. The molecular weight excluding hydrogens is 375 g/mol. The molecule has 0 saturated heterocycles. The number of fused-ring (bicyclic) bond motifs is 2. The number of halogens is 2. The number of anilines is 1. The minimum atomic E-state index is -0.849.